The van der Waals surface area contributed by atoms with Crippen LogP contribution in [0.15, 0.2) is 60.7 Å². The van der Waals surface area contributed by atoms with Gasteiger partial charge in [-0.1, -0.05) is 60.7 Å². The molecule has 2 bridgehead atoms. The molecule has 0 aromatic heterocycles. The van der Waals surface area contributed by atoms with Crippen LogP contribution in [0.5, 0.6) is 0 Å². The number of hydrogen-bond acceptors (Lipinski definition) is 2. The Labute approximate surface area is 133 Å². The summed E-state index contributed by atoms with van der Waals surface area (Å²) < 4.78 is 0. The summed E-state index contributed by atoms with van der Waals surface area (Å²) in [4.78, 5) is 2.72. The summed E-state index contributed by atoms with van der Waals surface area (Å²) in [6.07, 6.45) is 2.59. The molecule has 3 atom stereocenters. The predicted molar refractivity (Wildman–Crippen MR) is 91.1 cm³/mol. The fourth-order valence-corrected chi connectivity index (χ4v) is 4.24. The maximum Gasteiger partial charge on any atom is 0.0245 e. The number of piperidine rings is 1. The van der Waals surface area contributed by atoms with Crippen molar-refractivity contribution in [2.24, 2.45) is 0 Å². The van der Waals surface area contributed by atoms with Crippen LogP contribution in [0, 0.1) is 0 Å². The average Bonchev–Trinajstić information content (AvgIpc) is 2.60. The van der Waals surface area contributed by atoms with E-state index in [4.69, 9.17) is 0 Å². The summed E-state index contributed by atoms with van der Waals surface area (Å²) in [5.74, 6) is 0.487. The van der Waals surface area contributed by atoms with Gasteiger partial charge in [-0.05, 0) is 24.0 Å². The maximum absolute atomic E-state index is 3.65. The smallest absolute Gasteiger partial charge is 0.0245 e. The summed E-state index contributed by atoms with van der Waals surface area (Å²) in [6.45, 7) is 3.52. The van der Waals surface area contributed by atoms with Crippen LogP contribution in [0.1, 0.15) is 29.9 Å². The van der Waals surface area contributed by atoms with Crippen LogP contribution in [0.25, 0.3) is 0 Å². The van der Waals surface area contributed by atoms with Gasteiger partial charge >= 0.3 is 0 Å². The number of fused-ring (bicyclic) bond motifs is 2. The SMILES string of the molecule is c1ccc(C(c2ccccc2)[C@H]2CC[C@@H]3CN2CCN3)cc1. The summed E-state index contributed by atoms with van der Waals surface area (Å²) in [5, 5.41) is 3.65. The Morgan fingerprint density at radius 2 is 1.50 bits per heavy atom. The minimum absolute atomic E-state index is 0.487. The second kappa shape index (κ2) is 6.23. The lowest BCUT2D eigenvalue weighted by atomic mass is 9.79. The first kappa shape index (κ1) is 14.0. The van der Waals surface area contributed by atoms with Crippen LogP contribution in [-0.4, -0.2) is 36.6 Å². The number of piperazine rings is 1. The molecule has 1 unspecified atom stereocenters. The molecule has 22 heavy (non-hydrogen) atoms. The van der Waals surface area contributed by atoms with Crippen molar-refractivity contribution in [3.8, 4) is 0 Å². The molecule has 0 amide bonds. The fraction of sp³-hybridized carbons (Fsp3) is 0.400. The van der Waals surface area contributed by atoms with Gasteiger partial charge in [0.2, 0.25) is 0 Å². The van der Waals surface area contributed by atoms with Gasteiger partial charge in [0, 0.05) is 37.6 Å². The van der Waals surface area contributed by atoms with E-state index >= 15 is 0 Å². The van der Waals surface area contributed by atoms with E-state index in [1.807, 2.05) is 0 Å². The number of rotatable bonds is 3. The Morgan fingerprint density at radius 1 is 0.864 bits per heavy atom. The Morgan fingerprint density at radius 3 is 2.14 bits per heavy atom. The van der Waals surface area contributed by atoms with Crippen LogP contribution >= 0.6 is 0 Å². The lowest BCUT2D eigenvalue weighted by Gasteiger charge is -2.47. The van der Waals surface area contributed by atoms with Gasteiger partial charge in [-0.25, -0.2) is 0 Å². The molecule has 2 aliphatic heterocycles. The van der Waals surface area contributed by atoms with Crippen molar-refractivity contribution in [2.75, 3.05) is 19.6 Å². The van der Waals surface area contributed by atoms with Crippen molar-refractivity contribution >= 4 is 0 Å². The highest BCUT2D eigenvalue weighted by Gasteiger charge is 2.36. The van der Waals surface area contributed by atoms with Crippen LogP contribution in [-0.2, 0) is 0 Å². The van der Waals surface area contributed by atoms with Gasteiger partial charge in [0.15, 0.2) is 0 Å². The van der Waals surface area contributed by atoms with E-state index in [9.17, 15) is 0 Å². The largest absolute Gasteiger partial charge is 0.311 e. The van der Waals surface area contributed by atoms with E-state index in [2.05, 4.69) is 70.9 Å². The van der Waals surface area contributed by atoms with Gasteiger partial charge in [0.25, 0.3) is 0 Å². The molecule has 2 heteroatoms. The fourth-order valence-electron chi connectivity index (χ4n) is 4.24. The first-order chi connectivity index (χ1) is 10.9. The molecule has 114 valence electrons. The molecule has 0 spiro atoms. The average molecular weight is 292 g/mol. The van der Waals surface area contributed by atoms with Crippen molar-refractivity contribution in [2.45, 2.75) is 30.8 Å². The first-order valence-corrected chi connectivity index (χ1v) is 8.49. The summed E-state index contributed by atoms with van der Waals surface area (Å²) in [5.41, 5.74) is 2.91. The standard InChI is InChI=1S/C20H24N2/c1-3-7-16(8-4-1)20(17-9-5-2-6-10-17)19-12-11-18-15-22(19)14-13-21-18/h1-10,18-21H,11-15H2/t18-,19-/m1/s1. The van der Waals surface area contributed by atoms with Crippen molar-refractivity contribution in [1.82, 2.24) is 10.2 Å². The van der Waals surface area contributed by atoms with Gasteiger partial charge in [0.05, 0.1) is 0 Å². The number of nitrogens with zero attached hydrogens (tertiary/aromatic N) is 1. The van der Waals surface area contributed by atoms with E-state index < -0.39 is 0 Å². The molecule has 2 aromatic carbocycles. The van der Waals surface area contributed by atoms with Gasteiger partial charge in [-0.2, -0.15) is 0 Å². The molecule has 0 radical (unpaired) electrons. The van der Waals surface area contributed by atoms with Gasteiger partial charge in [0.1, 0.15) is 0 Å². The third-order valence-electron chi connectivity index (χ3n) is 5.27. The highest BCUT2D eigenvalue weighted by molar-refractivity contribution is 5.34. The Hall–Kier alpha value is -1.64. The van der Waals surface area contributed by atoms with E-state index in [0.717, 1.165) is 6.54 Å². The predicted octanol–water partition coefficient (Wildman–Crippen LogP) is 3.25. The normalized spacial score (nSPS) is 27.8. The molecular weight excluding hydrogens is 268 g/mol. The first-order valence-electron chi connectivity index (χ1n) is 8.49. The van der Waals surface area contributed by atoms with Crippen molar-refractivity contribution in [1.29, 1.82) is 0 Å². The zero-order valence-corrected chi connectivity index (χ0v) is 13.0. The monoisotopic (exact) mass is 292 g/mol. The molecule has 4 rings (SSSR count). The van der Waals surface area contributed by atoms with Crippen molar-refractivity contribution in [3.63, 3.8) is 0 Å². The lowest BCUT2D eigenvalue weighted by Crippen LogP contribution is -2.59. The maximum atomic E-state index is 3.65. The van der Waals surface area contributed by atoms with Gasteiger partial charge < -0.3 is 5.32 Å². The minimum Gasteiger partial charge on any atom is -0.311 e. The summed E-state index contributed by atoms with van der Waals surface area (Å²) in [6, 6.07) is 23.5. The van der Waals surface area contributed by atoms with Crippen molar-refractivity contribution in [3.05, 3.63) is 71.8 Å². The third kappa shape index (κ3) is 2.69. The van der Waals surface area contributed by atoms with E-state index in [1.54, 1.807) is 0 Å². The molecular formula is C20H24N2. The molecule has 1 N–H and O–H groups in total. The number of benzene rings is 2. The number of nitrogens with one attached hydrogen (secondary N) is 1. The van der Waals surface area contributed by atoms with E-state index in [0.29, 0.717) is 18.0 Å². The number of hydrogen-bond donors (Lipinski definition) is 1. The zero-order chi connectivity index (χ0) is 14.8. The molecule has 2 saturated heterocycles. The molecule has 2 fully saturated rings. The van der Waals surface area contributed by atoms with E-state index in [-0.39, 0.29) is 0 Å². The van der Waals surface area contributed by atoms with Gasteiger partial charge in [-0.3, -0.25) is 4.90 Å². The summed E-state index contributed by atoms with van der Waals surface area (Å²) >= 11 is 0. The highest BCUT2D eigenvalue weighted by Crippen LogP contribution is 2.36. The highest BCUT2D eigenvalue weighted by atomic mass is 15.2. The topological polar surface area (TPSA) is 15.3 Å². The zero-order valence-electron chi connectivity index (χ0n) is 13.0. The Balaban J connectivity index is 1.71. The second-order valence-corrected chi connectivity index (χ2v) is 6.59. The van der Waals surface area contributed by atoms with Crippen LogP contribution in [0.3, 0.4) is 0 Å². The van der Waals surface area contributed by atoms with E-state index in [1.165, 1.54) is 37.1 Å². The third-order valence-corrected chi connectivity index (χ3v) is 5.27. The minimum atomic E-state index is 0.487. The van der Waals surface area contributed by atoms with Crippen molar-refractivity contribution < 1.29 is 0 Å². The Kier molecular flexibility index (Phi) is 3.96. The Bertz CT molecular complexity index is 556. The molecule has 2 aromatic rings. The quantitative estimate of drug-likeness (QED) is 0.934. The second-order valence-electron chi connectivity index (χ2n) is 6.59. The van der Waals surface area contributed by atoms with Crippen LogP contribution < -0.4 is 5.32 Å². The van der Waals surface area contributed by atoms with Crippen LogP contribution in [0.4, 0.5) is 0 Å². The summed E-state index contributed by atoms with van der Waals surface area (Å²) in [7, 11) is 0. The van der Waals surface area contributed by atoms with Gasteiger partial charge in [-0.15, -0.1) is 0 Å². The molecule has 2 nitrogen and oxygen atoms in total. The lowest BCUT2D eigenvalue weighted by molar-refractivity contribution is 0.0810. The molecule has 2 aliphatic rings. The molecule has 0 aliphatic carbocycles. The van der Waals surface area contributed by atoms with Crippen LogP contribution in [0.2, 0.25) is 0 Å². The molecule has 2 heterocycles. The molecule has 0 saturated carbocycles.